The van der Waals surface area contributed by atoms with E-state index in [1.807, 2.05) is 0 Å². The summed E-state index contributed by atoms with van der Waals surface area (Å²) in [4.78, 5) is 9.64. The van der Waals surface area contributed by atoms with Gasteiger partial charge >= 0.3 is 0 Å². The van der Waals surface area contributed by atoms with Crippen LogP contribution >= 0.6 is 23.2 Å². The zero-order valence-corrected chi connectivity index (χ0v) is 7.07. The summed E-state index contributed by atoms with van der Waals surface area (Å²) >= 11 is 11.1. The minimum atomic E-state index is -0.00285. The summed E-state index contributed by atoms with van der Waals surface area (Å²) in [7, 11) is 0. The Morgan fingerprint density at radius 2 is 2.30 bits per heavy atom. The van der Waals surface area contributed by atoms with Crippen LogP contribution < -0.4 is 0 Å². The van der Waals surface area contributed by atoms with E-state index in [4.69, 9.17) is 23.2 Å². The zero-order valence-electron chi connectivity index (χ0n) is 5.56. The van der Waals surface area contributed by atoms with Crippen molar-refractivity contribution >= 4 is 29.7 Å². The van der Waals surface area contributed by atoms with Crippen molar-refractivity contribution in [3.05, 3.63) is 0 Å². The van der Waals surface area contributed by atoms with E-state index in [0.29, 0.717) is 19.0 Å². The number of halogens is 2. The zero-order chi connectivity index (χ0) is 7.82. The van der Waals surface area contributed by atoms with Crippen molar-refractivity contribution in [1.82, 2.24) is 0 Å². The summed E-state index contributed by atoms with van der Waals surface area (Å²) in [5.74, 6) is 0.447. The third-order valence-corrected chi connectivity index (χ3v) is 1.92. The first kappa shape index (κ1) is 10.0. The predicted octanol–water partition coefficient (Wildman–Crippen LogP) is 1.79. The lowest BCUT2D eigenvalue weighted by molar-refractivity contribution is -0.128. The lowest BCUT2D eigenvalue weighted by atomic mass is 10.2. The molecule has 0 aliphatic heterocycles. The molecule has 60 valence electrons. The number of rotatable bonds is 6. The number of hydrogen-bond donors (Lipinski definition) is 0. The quantitative estimate of drug-likeness (QED) is 0.358. The van der Waals surface area contributed by atoms with Crippen LogP contribution in [0.25, 0.3) is 0 Å². The molecule has 1 unspecified atom stereocenters. The maximum Gasteiger partial charge on any atom is 0.293 e. The fourth-order valence-electron chi connectivity index (χ4n) is 0.513. The maximum absolute atomic E-state index is 9.64. The smallest absolute Gasteiger partial charge is 0.293 e. The predicted molar refractivity (Wildman–Crippen MR) is 41.6 cm³/mol. The molecule has 0 aliphatic rings. The lowest BCUT2D eigenvalue weighted by Crippen LogP contribution is -2.02. The third-order valence-electron chi connectivity index (χ3n) is 1.02. The fourth-order valence-corrected chi connectivity index (χ4v) is 0.822. The van der Waals surface area contributed by atoms with Gasteiger partial charge < -0.3 is 4.74 Å². The average molecular weight is 185 g/mol. The molecule has 0 aromatic heterocycles. The number of ether oxygens (including phenoxy) is 1. The monoisotopic (exact) mass is 184 g/mol. The van der Waals surface area contributed by atoms with Gasteiger partial charge in [-0.3, -0.25) is 4.79 Å². The minimum Gasteiger partial charge on any atom is -0.468 e. The summed E-state index contributed by atoms with van der Waals surface area (Å²) in [6.45, 7) is 0.869. The standard InChI is InChI=1S/C6H10Cl2O2/c7-4-6(8)2-1-3-10-5-9/h5-6H,1-4H2. The highest BCUT2D eigenvalue weighted by atomic mass is 35.5. The molecule has 0 radical (unpaired) electrons. The molecular weight excluding hydrogens is 175 g/mol. The van der Waals surface area contributed by atoms with Gasteiger partial charge in [0.05, 0.1) is 6.61 Å². The largest absolute Gasteiger partial charge is 0.468 e. The summed E-state index contributed by atoms with van der Waals surface area (Å²) in [6, 6.07) is 0. The molecule has 4 heteroatoms. The van der Waals surface area contributed by atoms with Crippen molar-refractivity contribution in [3.63, 3.8) is 0 Å². The van der Waals surface area contributed by atoms with Crippen molar-refractivity contribution in [2.24, 2.45) is 0 Å². The molecule has 0 rings (SSSR count). The van der Waals surface area contributed by atoms with Crippen LogP contribution in [0.2, 0.25) is 0 Å². The summed E-state index contributed by atoms with van der Waals surface area (Å²) in [5.41, 5.74) is 0. The molecule has 2 nitrogen and oxygen atoms in total. The molecule has 1 atom stereocenters. The van der Waals surface area contributed by atoms with Crippen LogP contribution in [0.4, 0.5) is 0 Å². The second-order valence-electron chi connectivity index (χ2n) is 1.86. The molecule has 0 amide bonds. The van der Waals surface area contributed by atoms with Gasteiger partial charge in [0.15, 0.2) is 0 Å². The van der Waals surface area contributed by atoms with Gasteiger partial charge in [-0.1, -0.05) is 0 Å². The Bertz CT molecular complexity index is 87.8. The van der Waals surface area contributed by atoms with Crippen molar-refractivity contribution in [2.75, 3.05) is 12.5 Å². The van der Waals surface area contributed by atoms with Crippen LogP contribution in [-0.2, 0) is 9.53 Å². The van der Waals surface area contributed by atoms with Gasteiger partial charge in [0.2, 0.25) is 0 Å². The normalized spacial score (nSPS) is 12.6. The number of hydrogen-bond acceptors (Lipinski definition) is 2. The van der Waals surface area contributed by atoms with Crippen molar-refractivity contribution in [1.29, 1.82) is 0 Å². The first-order valence-corrected chi connectivity index (χ1v) is 4.03. The molecule has 0 bridgehead atoms. The summed E-state index contributed by atoms with van der Waals surface area (Å²) in [5, 5.41) is -0.00285. The van der Waals surface area contributed by atoms with E-state index in [2.05, 4.69) is 4.74 Å². The van der Waals surface area contributed by atoms with E-state index in [-0.39, 0.29) is 5.38 Å². The van der Waals surface area contributed by atoms with Gasteiger partial charge in [-0.15, -0.1) is 23.2 Å². The van der Waals surface area contributed by atoms with E-state index in [1.165, 1.54) is 0 Å². The van der Waals surface area contributed by atoms with Gasteiger partial charge in [-0.25, -0.2) is 0 Å². The van der Waals surface area contributed by atoms with Gasteiger partial charge in [-0.2, -0.15) is 0 Å². The number of carbonyl (C=O) groups is 1. The molecular formula is C6H10Cl2O2. The Morgan fingerprint density at radius 3 is 2.80 bits per heavy atom. The molecule has 0 saturated carbocycles. The summed E-state index contributed by atoms with van der Waals surface area (Å²) < 4.78 is 4.45. The first-order chi connectivity index (χ1) is 4.81. The van der Waals surface area contributed by atoms with Crippen LogP contribution in [0.1, 0.15) is 12.8 Å². The Kier molecular flexibility index (Phi) is 7.20. The van der Waals surface area contributed by atoms with Crippen molar-refractivity contribution in [3.8, 4) is 0 Å². The molecule has 0 N–H and O–H groups in total. The second kappa shape index (κ2) is 7.16. The molecule has 10 heavy (non-hydrogen) atoms. The highest BCUT2D eigenvalue weighted by Gasteiger charge is 2.00. The Balaban J connectivity index is 2.95. The van der Waals surface area contributed by atoms with Crippen LogP contribution in [-0.4, -0.2) is 24.3 Å². The van der Waals surface area contributed by atoms with Gasteiger partial charge in [0, 0.05) is 11.3 Å². The lowest BCUT2D eigenvalue weighted by Gasteiger charge is -2.02. The Morgan fingerprint density at radius 1 is 1.60 bits per heavy atom. The Labute approximate surface area is 70.4 Å². The second-order valence-corrected chi connectivity index (χ2v) is 2.79. The number of carbonyl (C=O) groups excluding carboxylic acids is 1. The Hall–Kier alpha value is 0.0500. The molecule has 0 aromatic rings. The van der Waals surface area contributed by atoms with Crippen LogP contribution in [0.3, 0.4) is 0 Å². The van der Waals surface area contributed by atoms with E-state index in [1.54, 1.807) is 0 Å². The molecule has 0 fully saturated rings. The fraction of sp³-hybridized carbons (Fsp3) is 0.833. The highest BCUT2D eigenvalue weighted by molar-refractivity contribution is 6.28. The van der Waals surface area contributed by atoms with E-state index < -0.39 is 0 Å². The van der Waals surface area contributed by atoms with Crippen LogP contribution in [0.15, 0.2) is 0 Å². The molecule has 0 aliphatic carbocycles. The SMILES string of the molecule is O=COCCCC(Cl)CCl. The summed E-state index contributed by atoms with van der Waals surface area (Å²) in [6.07, 6.45) is 1.57. The van der Waals surface area contributed by atoms with E-state index in [0.717, 1.165) is 12.8 Å². The van der Waals surface area contributed by atoms with E-state index in [9.17, 15) is 4.79 Å². The van der Waals surface area contributed by atoms with Crippen molar-refractivity contribution in [2.45, 2.75) is 18.2 Å². The van der Waals surface area contributed by atoms with E-state index >= 15 is 0 Å². The van der Waals surface area contributed by atoms with Gasteiger partial charge in [-0.05, 0) is 12.8 Å². The molecule has 0 spiro atoms. The van der Waals surface area contributed by atoms with Crippen LogP contribution in [0, 0.1) is 0 Å². The minimum absolute atomic E-state index is 0.00285. The third kappa shape index (κ3) is 6.17. The van der Waals surface area contributed by atoms with Gasteiger partial charge in [0.25, 0.3) is 6.47 Å². The number of alkyl halides is 2. The van der Waals surface area contributed by atoms with Crippen LogP contribution in [0.5, 0.6) is 0 Å². The molecule has 0 saturated heterocycles. The first-order valence-electron chi connectivity index (χ1n) is 3.06. The topological polar surface area (TPSA) is 26.3 Å². The van der Waals surface area contributed by atoms with Crippen molar-refractivity contribution < 1.29 is 9.53 Å². The molecule has 0 aromatic carbocycles. The highest BCUT2D eigenvalue weighted by Crippen LogP contribution is 2.06. The maximum atomic E-state index is 9.64. The average Bonchev–Trinajstić information content (AvgIpc) is 1.98. The van der Waals surface area contributed by atoms with Gasteiger partial charge in [0.1, 0.15) is 0 Å². The molecule has 0 heterocycles.